The number of benzene rings is 1. The summed E-state index contributed by atoms with van der Waals surface area (Å²) in [4.78, 5) is 2.46. The van der Waals surface area contributed by atoms with E-state index < -0.39 is 0 Å². The van der Waals surface area contributed by atoms with Crippen molar-refractivity contribution < 1.29 is 8.37 Å². The standard InChI is InChI=1S/C14H21NO2S2/c1-9-7-10-11(8-12(9)15-2)14(19-17-4)6-5-13(10)18-16-3/h5-6,9,12,15H,7-8H2,1-4H3/t9-,12-/m0/s1. The largest absolute Gasteiger partial charge is 0.316 e. The Hall–Kier alpha value is -0.200. The molecular formula is C14H21NO2S2. The van der Waals surface area contributed by atoms with Gasteiger partial charge < -0.3 is 13.7 Å². The van der Waals surface area contributed by atoms with Crippen LogP contribution in [0.2, 0.25) is 0 Å². The number of fused-ring (bicyclic) bond motifs is 1. The van der Waals surface area contributed by atoms with Gasteiger partial charge in [0.1, 0.15) is 0 Å². The molecule has 0 aromatic heterocycles. The van der Waals surface area contributed by atoms with Crippen LogP contribution in [0.3, 0.4) is 0 Å². The van der Waals surface area contributed by atoms with E-state index >= 15 is 0 Å². The van der Waals surface area contributed by atoms with Crippen molar-refractivity contribution >= 4 is 24.1 Å². The van der Waals surface area contributed by atoms with Crippen molar-refractivity contribution in [2.75, 3.05) is 21.3 Å². The minimum Gasteiger partial charge on any atom is -0.316 e. The minimum absolute atomic E-state index is 0.534. The second-order valence-corrected chi connectivity index (χ2v) is 6.68. The topological polar surface area (TPSA) is 30.5 Å². The van der Waals surface area contributed by atoms with E-state index in [-0.39, 0.29) is 0 Å². The van der Waals surface area contributed by atoms with Gasteiger partial charge >= 0.3 is 0 Å². The van der Waals surface area contributed by atoms with Crippen LogP contribution in [0, 0.1) is 5.92 Å². The van der Waals surface area contributed by atoms with Gasteiger partial charge in [0.2, 0.25) is 0 Å². The van der Waals surface area contributed by atoms with E-state index in [0.29, 0.717) is 12.0 Å². The molecule has 0 aliphatic heterocycles. The smallest absolute Gasteiger partial charge is 0.0508 e. The van der Waals surface area contributed by atoms with E-state index in [9.17, 15) is 0 Å². The summed E-state index contributed by atoms with van der Waals surface area (Å²) in [5.41, 5.74) is 2.83. The Kier molecular flexibility index (Phi) is 5.59. The summed E-state index contributed by atoms with van der Waals surface area (Å²) in [6.07, 6.45) is 2.14. The molecule has 19 heavy (non-hydrogen) atoms. The number of nitrogens with one attached hydrogen (secondary N) is 1. The predicted octanol–water partition coefficient (Wildman–Crippen LogP) is 3.32. The molecule has 1 N–H and O–H groups in total. The zero-order valence-electron chi connectivity index (χ0n) is 11.9. The highest BCUT2D eigenvalue weighted by molar-refractivity contribution is 7.95. The van der Waals surface area contributed by atoms with Gasteiger partial charge in [0.05, 0.1) is 14.2 Å². The Morgan fingerprint density at radius 2 is 1.58 bits per heavy atom. The minimum atomic E-state index is 0.534. The lowest BCUT2D eigenvalue weighted by atomic mass is 9.81. The molecule has 1 aromatic rings. The molecule has 0 bridgehead atoms. The predicted molar refractivity (Wildman–Crippen MR) is 81.6 cm³/mol. The molecule has 0 saturated heterocycles. The molecule has 5 heteroatoms. The first-order valence-electron chi connectivity index (χ1n) is 6.44. The second kappa shape index (κ2) is 6.99. The lowest BCUT2D eigenvalue weighted by molar-refractivity contribution is 0.367. The Morgan fingerprint density at radius 1 is 1.05 bits per heavy atom. The Balaban J connectivity index is 2.41. The summed E-state index contributed by atoms with van der Waals surface area (Å²) in [6, 6.07) is 4.81. The van der Waals surface area contributed by atoms with Gasteiger partial charge in [0.15, 0.2) is 0 Å². The number of likely N-dealkylation sites (N-methyl/N-ethyl adjacent to an activating group) is 1. The quantitative estimate of drug-likeness (QED) is 0.843. The van der Waals surface area contributed by atoms with Gasteiger partial charge in [0.25, 0.3) is 0 Å². The lowest BCUT2D eigenvalue weighted by Gasteiger charge is -2.32. The Labute approximate surface area is 124 Å². The fraction of sp³-hybridized carbons (Fsp3) is 0.571. The van der Waals surface area contributed by atoms with Crippen LogP contribution >= 0.6 is 24.1 Å². The maximum atomic E-state index is 5.25. The van der Waals surface area contributed by atoms with E-state index in [1.165, 1.54) is 45.0 Å². The number of hydrogen-bond donors (Lipinski definition) is 1. The highest BCUT2D eigenvalue weighted by Gasteiger charge is 2.28. The SMILES string of the molecule is CN[C@H]1Cc2c(SOC)ccc(SOC)c2C[C@@H]1C. The van der Waals surface area contributed by atoms with Gasteiger partial charge in [0, 0.05) is 39.9 Å². The zero-order valence-corrected chi connectivity index (χ0v) is 13.5. The fourth-order valence-corrected chi connectivity index (χ4v) is 3.93. The van der Waals surface area contributed by atoms with Crippen molar-refractivity contribution in [1.82, 2.24) is 5.32 Å². The van der Waals surface area contributed by atoms with Crippen LogP contribution in [0.4, 0.5) is 0 Å². The molecule has 2 atom stereocenters. The van der Waals surface area contributed by atoms with E-state index in [0.717, 1.165) is 12.8 Å². The summed E-state index contributed by atoms with van der Waals surface area (Å²) in [5, 5.41) is 3.43. The number of hydrogen-bond acceptors (Lipinski definition) is 5. The summed E-state index contributed by atoms with van der Waals surface area (Å²) in [7, 11) is 5.48. The molecule has 0 radical (unpaired) electrons. The first kappa shape index (κ1) is 15.2. The first-order valence-corrected chi connectivity index (χ1v) is 7.92. The van der Waals surface area contributed by atoms with Crippen molar-refractivity contribution in [3.63, 3.8) is 0 Å². The molecule has 106 valence electrons. The van der Waals surface area contributed by atoms with Gasteiger partial charge in [-0.2, -0.15) is 0 Å². The van der Waals surface area contributed by atoms with Crippen LogP contribution in [0.25, 0.3) is 0 Å². The molecule has 3 nitrogen and oxygen atoms in total. The van der Waals surface area contributed by atoms with E-state index in [1.807, 2.05) is 7.05 Å². The van der Waals surface area contributed by atoms with E-state index in [2.05, 4.69) is 24.4 Å². The van der Waals surface area contributed by atoms with Crippen molar-refractivity contribution in [2.45, 2.75) is 35.6 Å². The maximum Gasteiger partial charge on any atom is 0.0508 e. The van der Waals surface area contributed by atoms with Gasteiger partial charge in [-0.15, -0.1) is 0 Å². The van der Waals surface area contributed by atoms with Gasteiger partial charge in [-0.25, -0.2) is 0 Å². The zero-order chi connectivity index (χ0) is 13.8. The van der Waals surface area contributed by atoms with Crippen molar-refractivity contribution in [2.24, 2.45) is 5.92 Å². The molecule has 0 fully saturated rings. The molecule has 1 aliphatic carbocycles. The Bertz CT molecular complexity index is 440. The van der Waals surface area contributed by atoms with Crippen LogP contribution in [-0.4, -0.2) is 27.3 Å². The highest BCUT2D eigenvalue weighted by Crippen LogP contribution is 2.38. The van der Waals surface area contributed by atoms with Crippen molar-refractivity contribution in [3.8, 4) is 0 Å². The van der Waals surface area contributed by atoms with Gasteiger partial charge in [-0.1, -0.05) is 6.92 Å². The molecule has 1 aromatic carbocycles. The molecule has 0 spiro atoms. The lowest BCUT2D eigenvalue weighted by Crippen LogP contribution is -2.39. The summed E-state index contributed by atoms with van der Waals surface area (Å²) in [6.45, 7) is 2.31. The summed E-state index contributed by atoms with van der Waals surface area (Å²) < 4.78 is 10.5. The van der Waals surface area contributed by atoms with Crippen molar-refractivity contribution in [3.05, 3.63) is 23.3 Å². The average Bonchev–Trinajstić information content (AvgIpc) is 2.41. The van der Waals surface area contributed by atoms with Crippen LogP contribution in [0.5, 0.6) is 0 Å². The third-order valence-corrected chi connectivity index (χ3v) is 5.16. The van der Waals surface area contributed by atoms with Crippen LogP contribution in [0.1, 0.15) is 18.1 Å². The molecule has 0 amide bonds. The summed E-state index contributed by atoms with van der Waals surface area (Å²) in [5.74, 6) is 0.636. The molecule has 0 saturated carbocycles. The molecule has 0 unspecified atom stereocenters. The molecule has 2 rings (SSSR count). The number of rotatable bonds is 5. The van der Waals surface area contributed by atoms with Crippen LogP contribution in [-0.2, 0) is 21.2 Å². The van der Waals surface area contributed by atoms with Crippen molar-refractivity contribution in [1.29, 1.82) is 0 Å². The van der Waals surface area contributed by atoms with E-state index in [4.69, 9.17) is 8.37 Å². The fourth-order valence-electron chi connectivity index (χ4n) is 2.71. The Morgan fingerprint density at radius 3 is 2.05 bits per heavy atom. The third-order valence-electron chi connectivity index (χ3n) is 3.70. The van der Waals surface area contributed by atoms with Gasteiger partial charge in [-0.05, 0) is 49.1 Å². The van der Waals surface area contributed by atoms with E-state index in [1.54, 1.807) is 14.2 Å². The summed E-state index contributed by atoms with van der Waals surface area (Å²) >= 11 is 2.91. The third kappa shape index (κ3) is 3.28. The maximum absolute atomic E-state index is 5.25. The molecule has 0 heterocycles. The monoisotopic (exact) mass is 299 g/mol. The normalized spacial score (nSPS) is 22.3. The molecular weight excluding hydrogens is 278 g/mol. The highest BCUT2D eigenvalue weighted by atomic mass is 32.2. The van der Waals surface area contributed by atoms with Crippen LogP contribution < -0.4 is 5.32 Å². The van der Waals surface area contributed by atoms with Gasteiger partial charge in [-0.3, -0.25) is 0 Å². The first-order chi connectivity index (χ1) is 9.21. The second-order valence-electron chi connectivity index (χ2n) is 4.80. The average molecular weight is 299 g/mol. The van der Waals surface area contributed by atoms with Crippen LogP contribution in [0.15, 0.2) is 21.9 Å². The molecule has 1 aliphatic rings.